The summed E-state index contributed by atoms with van der Waals surface area (Å²) in [6.45, 7) is 2.82. The van der Waals surface area contributed by atoms with Gasteiger partial charge in [0.15, 0.2) is 0 Å². The Bertz CT molecular complexity index is 747. The zero-order valence-corrected chi connectivity index (χ0v) is 15.2. The van der Waals surface area contributed by atoms with Gasteiger partial charge in [0.1, 0.15) is 5.82 Å². The van der Waals surface area contributed by atoms with Gasteiger partial charge in [-0.2, -0.15) is 0 Å². The highest BCUT2D eigenvalue weighted by molar-refractivity contribution is 5.91. The molecule has 2 aromatic carbocycles. The first-order valence-electron chi connectivity index (χ1n) is 9.14. The van der Waals surface area contributed by atoms with Gasteiger partial charge < -0.3 is 9.80 Å². The van der Waals surface area contributed by atoms with E-state index in [4.69, 9.17) is 0 Å². The molecule has 1 saturated heterocycles. The molecule has 0 radical (unpaired) electrons. The Balaban J connectivity index is 1.55. The summed E-state index contributed by atoms with van der Waals surface area (Å²) < 4.78 is 12.9. The van der Waals surface area contributed by atoms with Gasteiger partial charge in [0.05, 0.1) is 0 Å². The lowest BCUT2D eigenvalue weighted by molar-refractivity contribution is -0.125. The maximum Gasteiger partial charge on any atom is 0.246 e. The van der Waals surface area contributed by atoms with Gasteiger partial charge in [0.25, 0.3) is 0 Å². The summed E-state index contributed by atoms with van der Waals surface area (Å²) in [5, 5.41) is 0. The van der Waals surface area contributed by atoms with E-state index in [0.29, 0.717) is 6.54 Å². The number of rotatable bonds is 5. The molecule has 2 aromatic rings. The Hall–Kier alpha value is -2.62. The van der Waals surface area contributed by atoms with Gasteiger partial charge in [-0.15, -0.1) is 0 Å². The van der Waals surface area contributed by atoms with Crippen LogP contribution in [0.2, 0.25) is 0 Å². The van der Waals surface area contributed by atoms with E-state index in [2.05, 4.69) is 29.2 Å². The molecule has 1 aliphatic rings. The van der Waals surface area contributed by atoms with E-state index in [1.165, 1.54) is 43.2 Å². The van der Waals surface area contributed by atoms with Crippen molar-refractivity contribution >= 4 is 17.7 Å². The maximum atomic E-state index is 12.9. The van der Waals surface area contributed by atoms with Crippen LogP contribution < -0.4 is 4.90 Å². The van der Waals surface area contributed by atoms with E-state index in [1.54, 1.807) is 30.2 Å². The van der Waals surface area contributed by atoms with Gasteiger partial charge in [-0.05, 0) is 60.7 Å². The van der Waals surface area contributed by atoms with Gasteiger partial charge in [0, 0.05) is 38.4 Å². The van der Waals surface area contributed by atoms with Gasteiger partial charge in [0.2, 0.25) is 5.91 Å². The summed E-state index contributed by atoms with van der Waals surface area (Å²) in [7, 11) is 1.79. The van der Waals surface area contributed by atoms with Crippen LogP contribution in [0.15, 0.2) is 54.6 Å². The molecule has 0 N–H and O–H groups in total. The number of piperidine rings is 1. The van der Waals surface area contributed by atoms with Crippen LogP contribution in [0.25, 0.3) is 6.08 Å². The molecule has 0 aliphatic carbocycles. The summed E-state index contributed by atoms with van der Waals surface area (Å²) in [5.74, 6) is -0.354. The van der Waals surface area contributed by atoms with Crippen LogP contribution in [0.1, 0.15) is 30.4 Å². The Morgan fingerprint density at radius 1 is 1.04 bits per heavy atom. The number of carbonyl (C=O) groups is 1. The van der Waals surface area contributed by atoms with Crippen LogP contribution in [-0.4, -0.2) is 30.9 Å². The maximum absolute atomic E-state index is 12.9. The molecule has 26 heavy (non-hydrogen) atoms. The highest BCUT2D eigenvalue weighted by Gasteiger charge is 2.11. The van der Waals surface area contributed by atoms with E-state index in [-0.39, 0.29) is 11.7 Å². The molecule has 1 aliphatic heterocycles. The lowest BCUT2D eigenvalue weighted by Crippen LogP contribution is -2.29. The fourth-order valence-electron chi connectivity index (χ4n) is 3.18. The van der Waals surface area contributed by atoms with Crippen molar-refractivity contribution in [2.45, 2.75) is 25.8 Å². The number of benzene rings is 2. The molecule has 0 atom stereocenters. The third-order valence-corrected chi connectivity index (χ3v) is 4.74. The molecule has 0 unspecified atom stereocenters. The van der Waals surface area contributed by atoms with Crippen molar-refractivity contribution in [2.75, 3.05) is 25.0 Å². The minimum absolute atomic E-state index is 0.0746. The minimum Gasteiger partial charge on any atom is -0.372 e. The number of likely N-dealkylation sites (N-methyl/N-ethyl adjacent to an activating group) is 1. The van der Waals surface area contributed by atoms with Crippen LogP contribution in [0.3, 0.4) is 0 Å². The predicted octanol–water partition coefficient (Wildman–Crippen LogP) is 4.49. The summed E-state index contributed by atoms with van der Waals surface area (Å²) in [6.07, 6.45) is 7.08. The van der Waals surface area contributed by atoms with Crippen LogP contribution in [0.4, 0.5) is 10.1 Å². The Labute approximate surface area is 154 Å². The Morgan fingerprint density at radius 3 is 2.35 bits per heavy atom. The smallest absolute Gasteiger partial charge is 0.246 e. The van der Waals surface area contributed by atoms with Crippen LogP contribution >= 0.6 is 0 Å². The first kappa shape index (κ1) is 18.2. The average Bonchev–Trinajstić information content (AvgIpc) is 2.68. The standard InChI is InChI=1S/C22H25FN2O/c1-24(22(26)14-9-18-5-10-20(23)11-6-18)17-19-7-12-21(13-8-19)25-15-3-2-4-16-25/h5-14H,2-4,15-17H2,1H3/b14-9-. The molecule has 1 fully saturated rings. The number of amides is 1. The highest BCUT2D eigenvalue weighted by Crippen LogP contribution is 2.20. The second-order valence-electron chi connectivity index (χ2n) is 6.79. The summed E-state index contributed by atoms with van der Waals surface area (Å²) in [5.41, 5.74) is 3.18. The minimum atomic E-state index is -0.279. The van der Waals surface area contributed by atoms with Crippen molar-refractivity contribution in [2.24, 2.45) is 0 Å². The number of nitrogens with zero attached hydrogens (tertiary/aromatic N) is 2. The largest absolute Gasteiger partial charge is 0.372 e. The predicted molar refractivity (Wildman–Crippen MR) is 104 cm³/mol. The Kier molecular flexibility index (Phi) is 6.05. The molecular formula is C22H25FN2O. The van der Waals surface area contributed by atoms with Crippen molar-refractivity contribution in [3.8, 4) is 0 Å². The molecule has 0 aromatic heterocycles. The van der Waals surface area contributed by atoms with E-state index >= 15 is 0 Å². The monoisotopic (exact) mass is 352 g/mol. The number of hydrogen-bond donors (Lipinski definition) is 0. The van der Waals surface area contributed by atoms with E-state index in [1.807, 2.05) is 0 Å². The molecule has 3 nitrogen and oxygen atoms in total. The second kappa shape index (κ2) is 8.65. The number of halogens is 1. The zero-order chi connectivity index (χ0) is 18.4. The fourth-order valence-corrected chi connectivity index (χ4v) is 3.18. The van der Waals surface area contributed by atoms with E-state index in [9.17, 15) is 9.18 Å². The summed E-state index contributed by atoms with van der Waals surface area (Å²) in [6, 6.07) is 14.6. The Morgan fingerprint density at radius 2 is 1.69 bits per heavy atom. The molecule has 0 bridgehead atoms. The number of hydrogen-bond acceptors (Lipinski definition) is 2. The second-order valence-corrected chi connectivity index (χ2v) is 6.79. The molecule has 4 heteroatoms. The van der Waals surface area contributed by atoms with Gasteiger partial charge in [-0.1, -0.05) is 24.3 Å². The summed E-state index contributed by atoms with van der Waals surface area (Å²) in [4.78, 5) is 16.4. The van der Waals surface area contributed by atoms with Crippen LogP contribution in [-0.2, 0) is 11.3 Å². The first-order chi connectivity index (χ1) is 12.6. The first-order valence-corrected chi connectivity index (χ1v) is 9.14. The molecular weight excluding hydrogens is 327 g/mol. The number of carbonyl (C=O) groups excluding carboxylic acids is 1. The van der Waals surface area contributed by atoms with Gasteiger partial charge in [-0.25, -0.2) is 4.39 Å². The lowest BCUT2D eigenvalue weighted by Gasteiger charge is -2.29. The van der Waals surface area contributed by atoms with Crippen molar-refractivity contribution in [3.63, 3.8) is 0 Å². The third-order valence-electron chi connectivity index (χ3n) is 4.74. The fraction of sp³-hybridized carbons (Fsp3) is 0.318. The molecule has 0 spiro atoms. The normalized spacial score (nSPS) is 14.6. The van der Waals surface area contributed by atoms with Gasteiger partial charge >= 0.3 is 0 Å². The molecule has 0 saturated carbocycles. The number of anilines is 1. The van der Waals surface area contributed by atoms with Crippen molar-refractivity contribution in [1.82, 2.24) is 4.90 Å². The average molecular weight is 352 g/mol. The molecule has 136 valence electrons. The SMILES string of the molecule is CN(Cc1ccc(N2CCCCC2)cc1)C(=O)/C=C\c1ccc(F)cc1. The van der Waals surface area contributed by atoms with E-state index in [0.717, 1.165) is 24.2 Å². The van der Waals surface area contributed by atoms with Crippen molar-refractivity contribution in [1.29, 1.82) is 0 Å². The van der Waals surface area contributed by atoms with Gasteiger partial charge in [-0.3, -0.25) is 4.79 Å². The zero-order valence-electron chi connectivity index (χ0n) is 15.2. The quantitative estimate of drug-likeness (QED) is 0.741. The van der Waals surface area contributed by atoms with Crippen molar-refractivity contribution in [3.05, 3.63) is 71.6 Å². The highest BCUT2D eigenvalue weighted by atomic mass is 19.1. The summed E-state index contributed by atoms with van der Waals surface area (Å²) >= 11 is 0. The van der Waals surface area contributed by atoms with Crippen molar-refractivity contribution < 1.29 is 9.18 Å². The van der Waals surface area contributed by atoms with Crippen LogP contribution in [0, 0.1) is 5.82 Å². The molecule has 1 amide bonds. The van der Waals surface area contributed by atoms with Crippen LogP contribution in [0.5, 0.6) is 0 Å². The van der Waals surface area contributed by atoms with E-state index < -0.39 is 0 Å². The molecule has 3 rings (SSSR count). The third kappa shape index (κ3) is 4.94. The lowest BCUT2D eigenvalue weighted by atomic mass is 10.1. The topological polar surface area (TPSA) is 23.6 Å². The molecule has 1 heterocycles.